The quantitative estimate of drug-likeness (QED) is 0.439. The van der Waals surface area contributed by atoms with Gasteiger partial charge in [-0.15, -0.1) is 10.2 Å². The Hall–Kier alpha value is -2.89. The van der Waals surface area contributed by atoms with Gasteiger partial charge in [0.25, 0.3) is 0 Å². The number of nitrogens with two attached hydrogens (primary N) is 1. The maximum Gasteiger partial charge on any atom is 0.240 e. The van der Waals surface area contributed by atoms with E-state index in [9.17, 15) is 17.9 Å². The van der Waals surface area contributed by atoms with E-state index < -0.39 is 15.8 Å². The van der Waals surface area contributed by atoms with E-state index in [0.717, 1.165) is 0 Å². The van der Waals surface area contributed by atoms with Crippen molar-refractivity contribution in [1.29, 1.82) is 0 Å². The number of para-hydroxylation sites is 2. The zero-order chi connectivity index (χ0) is 20.5. The number of hydrogen-bond acceptors (Lipinski definition) is 5. The predicted molar refractivity (Wildman–Crippen MR) is 108 cm³/mol. The lowest BCUT2D eigenvalue weighted by atomic mass is 10.2. The fourth-order valence-corrected chi connectivity index (χ4v) is 3.64. The predicted octanol–water partition coefficient (Wildman–Crippen LogP) is 3.63. The van der Waals surface area contributed by atoms with Gasteiger partial charge in [-0.25, -0.2) is 17.9 Å². The van der Waals surface area contributed by atoms with Crippen LogP contribution in [0.2, 0.25) is 0 Å². The third kappa shape index (κ3) is 3.72. The van der Waals surface area contributed by atoms with Crippen molar-refractivity contribution < 1.29 is 17.9 Å². The number of halogens is 1. The molecule has 28 heavy (non-hydrogen) atoms. The molecule has 1 heterocycles. The molecule has 0 radical (unpaired) electrons. The molecule has 4 N–H and O–H groups in total. The topological polar surface area (TPSA) is 122 Å². The Balaban J connectivity index is 1.95. The summed E-state index contributed by atoms with van der Waals surface area (Å²) in [6, 6.07) is 10.3. The third-order valence-corrected chi connectivity index (χ3v) is 5.12. The lowest BCUT2D eigenvalue weighted by Gasteiger charge is -2.08. The van der Waals surface area contributed by atoms with Crippen molar-refractivity contribution in [3.8, 4) is 5.88 Å². The van der Waals surface area contributed by atoms with Crippen molar-refractivity contribution >= 4 is 49.6 Å². The average molecular weight is 421 g/mol. The molecular weight excluding hydrogens is 405 g/mol. The van der Waals surface area contributed by atoms with Crippen LogP contribution >= 0.6 is 12.2 Å². The Morgan fingerprint density at radius 1 is 1.29 bits per heavy atom. The monoisotopic (exact) mass is 421 g/mol. The standard InChI is InChI=1S/C17H16FN5O3S2/c1-2-23-15-10(6-5-7-11(15)18)14(16(23)24)21-22-17(27)20-12-8-3-4-9-13(12)28(19,25)26/h3-9,24H,2H2,1H3,(H,20,27)(H2,19,25,26). The van der Waals surface area contributed by atoms with Crippen LogP contribution in [0.15, 0.2) is 57.6 Å². The summed E-state index contributed by atoms with van der Waals surface area (Å²) < 4.78 is 38.8. The van der Waals surface area contributed by atoms with E-state index in [-0.39, 0.29) is 32.8 Å². The van der Waals surface area contributed by atoms with Crippen LogP contribution in [0.4, 0.5) is 15.8 Å². The van der Waals surface area contributed by atoms with Crippen molar-refractivity contribution in [2.75, 3.05) is 5.32 Å². The molecule has 0 aliphatic heterocycles. The summed E-state index contributed by atoms with van der Waals surface area (Å²) in [6.07, 6.45) is 0. The molecule has 8 nitrogen and oxygen atoms in total. The molecule has 0 fully saturated rings. The van der Waals surface area contributed by atoms with Gasteiger partial charge in [0.05, 0.1) is 11.2 Å². The van der Waals surface area contributed by atoms with E-state index in [2.05, 4.69) is 15.5 Å². The van der Waals surface area contributed by atoms with Crippen LogP contribution in [0.1, 0.15) is 6.92 Å². The molecule has 0 atom stereocenters. The Kier molecular flexibility index (Phi) is 5.40. The van der Waals surface area contributed by atoms with Crippen molar-refractivity contribution in [2.45, 2.75) is 18.4 Å². The Bertz CT molecular complexity index is 1200. The van der Waals surface area contributed by atoms with E-state index in [1.165, 1.54) is 34.9 Å². The highest BCUT2D eigenvalue weighted by Gasteiger charge is 2.19. The first-order chi connectivity index (χ1) is 13.2. The van der Waals surface area contributed by atoms with Gasteiger partial charge in [-0.05, 0) is 37.3 Å². The number of aromatic hydroxyl groups is 1. The maximum atomic E-state index is 14.2. The van der Waals surface area contributed by atoms with Crippen LogP contribution in [0.25, 0.3) is 10.9 Å². The molecule has 0 aliphatic rings. The molecule has 3 rings (SSSR count). The lowest BCUT2D eigenvalue weighted by Crippen LogP contribution is -2.16. The largest absolute Gasteiger partial charge is 0.493 e. The number of nitrogens with zero attached hydrogens (tertiary/aromatic N) is 3. The van der Waals surface area contributed by atoms with Gasteiger partial charge in [-0.1, -0.05) is 24.3 Å². The lowest BCUT2D eigenvalue weighted by molar-refractivity contribution is 0.425. The number of fused-ring (bicyclic) bond motifs is 1. The summed E-state index contributed by atoms with van der Waals surface area (Å²) in [5.74, 6) is -0.752. The molecule has 0 saturated heterocycles. The number of anilines is 1. The molecule has 1 aromatic heterocycles. The normalized spacial score (nSPS) is 12.0. The van der Waals surface area contributed by atoms with Gasteiger partial charge in [0.1, 0.15) is 10.7 Å². The molecule has 11 heteroatoms. The SMILES string of the molecule is CCn1c(O)c(N=NC(=S)Nc2ccccc2S(N)(=O)=O)c2cccc(F)c21. The number of rotatable bonds is 4. The van der Waals surface area contributed by atoms with Crippen LogP contribution in [0.3, 0.4) is 0 Å². The van der Waals surface area contributed by atoms with Gasteiger partial charge in [-0.2, -0.15) is 0 Å². The number of aromatic nitrogens is 1. The Morgan fingerprint density at radius 2 is 2.00 bits per heavy atom. The average Bonchev–Trinajstić information content (AvgIpc) is 2.91. The van der Waals surface area contributed by atoms with E-state index in [1.807, 2.05) is 0 Å². The number of aryl methyl sites for hydroxylation is 1. The van der Waals surface area contributed by atoms with Gasteiger partial charge >= 0.3 is 0 Å². The van der Waals surface area contributed by atoms with Crippen LogP contribution in [-0.2, 0) is 16.6 Å². The second-order valence-electron chi connectivity index (χ2n) is 5.72. The van der Waals surface area contributed by atoms with Crippen molar-refractivity contribution in [3.05, 3.63) is 48.3 Å². The minimum Gasteiger partial charge on any atom is -0.493 e. The number of nitrogens with one attached hydrogen (secondary N) is 1. The summed E-state index contributed by atoms with van der Waals surface area (Å²) in [5, 5.41) is 26.1. The van der Waals surface area contributed by atoms with Crippen molar-refractivity contribution in [2.24, 2.45) is 15.4 Å². The molecule has 0 unspecified atom stereocenters. The van der Waals surface area contributed by atoms with Crippen molar-refractivity contribution in [1.82, 2.24) is 4.57 Å². The number of sulfonamides is 1. The van der Waals surface area contributed by atoms with Gasteiger partial charge in [-0.3, -0.25) is 0 Å². The van der Waals surface area contributed by atoms with Gasteiger partial charge < -0.3 is 15.0 Å². The summed E-state index contributed by atoms with van der Waals surface area (Å²) >= 11 is 5.07. The molecule has 0 aliphatic carbocycles. The molecule has 0 bridgehead atoms. The molecule has 3 aromatic rings. The summed E-state index contributed by atoms with van der Waals surface area (Å²) in [5.41, 5.74) is 0.398. The van der Waals surface area contributed by atoms with Gasteiger partial charge in [0.15, 0.2) is 5.69 Å². The molecule has 2 aromatic carbocycles. The minimum atomic E-state index is -3.97. The summed E-state index contributed by atoms with van der Waals surface area (Å²) in [6.45, 7) is 2.08. The number of azo groups is 1. The smallest absolute Gasteiger partial charge is 0.240 e. The Labute approximate surface area is 165 Å². The van der Waals surface area contributed by atoms with Crippen LogP contribution in [0.5, 0.6) is 5.88 Å². The minimum absolute atomic E-state index is 0.0558. The highest BCUT2D eigenvalue weighted by Crippen LogP contribution is 2.39. The second-order valence-corrected chi connectivity index (χ2v) is 7.64. The van der Waals surface area contributed by atoms with Crippen molar-refractivity contribution in [3.63, 3.8) is 0 Å². The summed E-state index contributed by atoms with van der Waals surface area (Å²) in [7, 11) is -3.97. The summed E-state index contributed by atoms with van der Waals surface area (Å²) in [4.78, 5) is -0.153. The van der Waals surface area contributed by atoms with Crippen LogP contribution < -0.4 is 10.5 Å². The molecular formula is C17H16FN5O3S2. The van der Waals surface area contributed by atoms with Gasteiger partial charge in [0.2, 0.25) is 21.0 Å². The first-order valence-corrected chi connectivity index (χ1v) is 10.0. The highest BCUT2D eigenvalue weighted by molar-refractivity contribution is 7.89. The van der Waals surface area contributed by atoms with E-state index in [4.69, 9.17) is 17.4 Å². The molecule has 146 valence electrons. The maximum absolute atomic E-state index is 14.2. The number of benzene rings is 2. The fourth-order valence-electron chi connectivity index (χ4n) is 2.80. The first-order valence-electron chi connectivity index (χ1n) is 8.08. The highest BCUT2D eigenvalue weighted by atomic mass is 32.2. The zero-order valence-electron chi connectivity index (χ0n) is 14.6. The van der Waals surface area contributed by atoms with E-state index in [1.54, 1.807) is 19.1 Å². The third-order valence-electron chi connectivity index (χ3n) is 3.97. The number of primary sulfonamides is 1. The molecule has 0 amide bonds. The first kappa shape index (κ1) is 19.9. The van der Waals surface area contributed by atoms with E-state index >= 15 is 0 Å². The zero-order valence-corrected chi connectivity index (χ0v) is 16.3. The fraction of sp³-hybridized carbons (Fsp3) is 0.118. The number of thiocarbonyl (C=S) groups is 1. The second kappa shape index (κ2) is 7.62. The number of hydrogen-bond donors (Lipinski definition) is 3. The van der Waals surface area contributed by atoms with Crippen LogP contribution in [-0.4, -0.2) is 23.2 Å². The Morgan fingerprint density at radius 3 is 2.68 bits per heavy atom. The van der Waals surface area contributed by atoms with E-state index in [0.29, 0.717) is 11.9 Å². The van der Waals surface area contributed by atoms with Gasteiger partial charge in [0, 0.05) is 11.9 Å². The molecule has 0 spiro atoms. The van der Waals surface area contributed by atoms with Crippen LogP contribution in [0, 0.1) is 5.82 Å². The molecule has 0 saturated carbocycles.